The highest BCUT2D eigenvalue weighted by Crippen LogP contribution is 2.30. The maximum Gasteiger partial charge on any atom is 0.327 e. The van der Waals surface area contributed by atoms with Gasteiger partial charge in [0.1, 0.15) is 6.54 Å². The lowest BCUT2D eigenvalue weighted by Crippen LogP contribution is -2.52. The summed E-state index contributed by atoms with van der Waals surface area (Å²) in [5.74, 6) is 0.831. The number of rotatable bonds is 7. The first-order chi connectivity index (χ1) is 13.1. The van der Waals surface area contributed by atoms with E-state index in [9.17, 15) is 4.79 Å². The van der Waals surface area contributed by atoms with Gasteiger partial charge in [-0.3, -0.25) is 14.6 Å². The maximum atomic E-state index is 11.9. The fourth-order valence-corrected chi connectivity index (χ4v) is 4.57. The summed E-state index contributed by atoms with van der Waals surface area (Å²) in [6.45, 7) is 10.9. The molecule has 1 aromatic heterocycles. The largest absolute Gasteiger partial charge is 0.465 e. The molecule has 1 aliphatic heterocycles. The highest BCUT2D eigenvalue weighted by molar-refractivity contribution is 5.69. The summed E-state index contributed by atoms with van der Waals surface area (Å²) in [5.41, 5.74) is 0. The van der Waals surface area contributed by atoms with Crippen LogP contribution in [0, 0.1) is 5.92 Å². The van der Waals surface area contributed by atoms with E-state index in [1.807, 2.05) is 0 Å². The molecule has 2 heterocycles. The Morgan fingerprint density at radius 3 is 2.48 bits per heavy atom. The Balaban J connectivity index is 1.65. The summed E-state index contributed by atoms with van der Waals surface area (Å²) in [6, 6.07) is 0.885. The number of carbonyl (C=O) groups is 1. The molecule has 1 atom stereocenters. The molecule has 1 saturated heterocycles. The van der Waals surface area contributed by atoms with Crippen LogP contribution in [0.2, 0.25) is 0 Å². The predicted molar refractivity (Wildman–Crippen MR) is 102 cm³/mol. The van der Waals surface area contributed by atoms with Crippen LogP contribution in [0.1, 0.15) is 64.7 Å². The van der Waals surface area contributed by atoms with E-state index in [1.54, 1.807) is 11.6 Å². The number of tetrazole rings is 1. The van der Waals surface area contributed by atoms with Gasteiger partial charge in [0.15, 0.2) is 5.82 Å². The van der Waals surface area contributed by atoms with Gasteiger partial charge in [-0.2, -0.15) is 0 Å². The maximum absolute atomic E-state index is 11.9. The van der Waals surface area contributed by atoms with E-state index in [1.165, 1.54) is 32.1 Å². The van der Waals surface area contributed by atoms with Crippen molar-refractivity contribution in [3.63, 3.8) is 0 Å². The molecule has 0 aromatic carbocycles. The smallest absolute Gasteiger partial charge is 0.327 e. The molecule has 1 aliphatic carbocycles. The number of aromatic nitrogens is 4. The number of nitrogens with zero attached hydrogens (tertiary/aromatic N) is 6. The Morgan fingerprint density at radius 1 is 1.15 bits per heavy atom. The van der Waals surface area contributed by atoms with E-state index in [-0.39, 0.29) is 18.6 Å². The van der Waals surface area contributed by atoms with Crippen LogP contribution in [0.15, 0.2) is 0 Å². The summed E-state index contributed by atoms with van der Waals surface area (Å²) in [4.78, 5) is 17.0. The number of carbonyl (C=O) groups excluding carboxylic acids is 1. The molecule has 0 N–H and O–H groups in total. The molecule has 27 heavy (non-hydrogen) atoms. The first-order valence-corrected chi connectivity index (χ1v) is 10.5. The van der Waals surface area contributed by atoms with Gasteiger partial charge in [0.25, 0.3) is 0 Å². The fourth-order valence-electron chi connectivity index (χ4n) is 4.57. The molecule has 0 radical (unpaired) electrons. The first-order valence-electron chi connectivity index (χ1n) is 10.5. The van der Waals surface area contributed by atoms with Gasteiger partial charge in [0, 0.05) is 32.2 Å². The summed E-state index contributed by atoms with van der Waals surface area (Å²) < 4.78 is 6.67. The van der Waals surface area contributed by atoms with Crippen molar-refractivity contribution in [1.82, 2.24) is 30.0 Å². The second-order valence-electron chi connectivity index (χ2n) is 8.05. The second kappa shape index (κ2) is 9.59. The molecule has 152 valence electrons. The van der Waals surface area contributed by atoms with Crippen LogP contribution in [0.25, 0.3) is 0 Å². The van der Waals surface area contributed by atoms with Gasteiger partial charge in [0.05, 0.1) is 12.6 Å². The molecule has 1 saturated carbocycles. The van der Waals surface area contributed by atoms with Gasteiger partial charge >= 0.3 is 5.97 Å². The number of ether oxygens (including phenoxy) is 1. The van der Waals surface area contributed by atoms with Crippen LogP contribution in [0.3, 0.4) is 0 Å². The molecule has 2 fully saturated rings. The molecule has 0 amide bonds. The molecule has 2 aliphatic rings. The summed E-state index contributed by atoms with van der Waals surface area (Å²) in [7, 11) is 0. The number of hydrogen-bond acceptors (Lipinski definition) is 7. The van der Waals surface area contributed by atoms with Gasteiger partial charge in [-0.15, -0.1) is 5.10 Å². The molecular formula is C19H34N6O2. The lowest BCUT2D eigenvalue weighted by molar-refractivity contribution is -0.144. The lowest BCUT2D eigenvalue weighted by atomic mass is 9.93. The molecule has 0 bridgehead atoms. The van der Waals surface area contributed by atoms with Gasteiger partial charge in [-0.1, -0.05) is 33.1 Å². The van der Waals surface area contributed by atoms with E-state index in [0.29, 0.717) is 12.5 Å². The molecule has 8 heteroatoms. The second-order valence-corrected chi connectivity index (χ2v) is 8.05. The normalized spacial score (nSPS) is 21.5. The van der Waals surface area contributed by atoms with E-state index in [2.05, 4.69) is 39.2 Å². The third-order valence-corrected chi connectivity index (χ3v) is 5.87. The highest BCUT2D eigenvalue weighted by Gasteiger charge is 2.33. The zero-order valence-corrected chi connectivity index (χ0v) is 17.0. The van der Waals surface area contributed by atoms with Crippen molar-refractivity contribution in [3.05, 3.63) is 5.82 Å². The average molecular weight is 379 g/mol. The minimum Gasteiger partial charge on any atom is -0.465 e. The minimum atomic E-state index is -0.296. The SMILES string of the molecule is CCOC(=O)Cn1nnnc1[C@H](C(C)C)N1CCN(C2CCCCC2)CC1. The number of esters is 1. The first kappa shape index (κ1) is 20.2. The molecule has 3 rings (SSSR count). The van der Waals surface area contributed by atoms with Crippen molar-refractivity contribution in [1.29, 1.82) is 0 Å². The Bertz CT molecular complexity index is 591. The Hall–Kier alpha value is -1.54. The fraction of sp³-hybridized carbons (Fsp3) is 0.895. The van der Waals surface area contributed by atoms with Gasteiger partial charge in [-0.05, 0) is 36.1 Å². The summed E-state index contributed by atoms with van der Waals surface area (Å²) in [5, 5.41) is 12.2. The predicted octanol–water partition coefficient (Wildman–Crippen LogP) is 1.88. The van der Waals surface area contributed by atoms with Crippen molar-refractivity contribution >= 4 is 5.97 Å². The zero-order valence-electron chi connectivity index (χ0n) is 17.0. The van der Waals surface area contributed by atoms with Crippen LogP contribution < -0.4 is 0 Å². The quantitative estimate of drug-likeness (QED) is 0.671. The van der Waals surface area contributed by atoms with Crippen LogP contribution >= 0.6 is 0 Å². The standard InChI is InChI=1S/C19H34N6O2/c1-4-27-17(26)14-25-19(20-21-22-25)18(15(2)3)24-12-10-23(11-13-24)16-8-6-5-7-9-16/h15-16,18H,4-14H2,1-3H3/t18-/m0/s1. The van der Waals surface area contributed by atoms with Crippen LogP contribution in [0.5, 0.6) is 0 Å². The number of piperazine rings is 1. The lowest BCUT2D eigenvalue weighted by Gasteiger charge is -2.43. The van der Waals surface area contributed by atoms with Crippen molar-refractivity contribution < 1.29 is 9.53 Å². The van der Waals surface area contributed by atoms with Gasteiger partial charge in [0.2, 0.25) is 0 Å². The van der Waals surface area contributed by atoms with E-state index >= 15 is 0 Å². The third-order valence-electron chi connectivity index (χ3n) is 5.87. The van der Waals surface area contributed by atoms with E-state index in [4.69, 9.17) is 4.74 Å². The molecule has 8 nitrogen and oxygen atoms in total. The van der Waals surface area contributed by atoms with E-state index < -0.39 is 0 Å². The topological polar surface area (TPSA) is 76.4 Å². The highest BCUT2D eigenvalue weighted by atomic mass is 16.5. The summed E-state index contributed by atoms with van der Waals surface area (Å²) >= 11 is 0. The third kappa shape index (κ3) is 5.04. The Kier molecular flexibility index (Phi) is 7.18. The van der Waals surface area contributed by atoms with Crippen molar-refractivity contribution in [2.24, 2.45) is 5.92 Å². The zero-order chi connectivity index (χ0) is 19.2. The molecule has 0 unspecified atom stereocenters. The van der Waals surface area contributed by atoms with E-state index in [0.717, 1.165) is 38.0 Å². The van der Waals surface area contributed by atoms with Crippen molar-refractivity contribution in [2.75, 3.05) is 32.8 Å². The van der Waals surface area contributed by atoms with Crippen LogP contribution in [-0.2, 0) is 16.1 Å². The van der Waals surface area contributed by atoms with Gasteiger partial charge in [-0.25, -0.2) is 4.68 Å². The monoisotopic (exact) mass is 378 g/mol. The average Bonchev–Trinajstić information content (AvgIpc) is 3.10. The Morgan fingerprint density at radius 2 is 1.85 bits per heavy atom. The minimum absolute atomic E-state index is 0.0709. The Labute approximate surface area is 162 Å². The molecule has 1 aromatic rings. The van der Waals surface area contributed by atoms with Crippen LogP contribution in [-0.4, -0.2) is 74.8 Å². The van der Waals surface area contributed by atoms with Gasteiger partial charge < -0.3 is 4.74 Å². The summed E-state index contributed by atoms with van der Waals surface area (Å²) in [6.07, 6.45) is 6.86. The van der Waals surface area contributed by atoms with Crippen LogP contribution in [0.4, 0.5) is 0 Å². The molecule has 0 spiro atoms. The molecular weight excluding hydrogens is 344 g/mol. The van der Waals surface area contributed by atoms with Crippen molar-refractivity contribution in [3.8, 4) is 0 Å². The van der Waals surface area contributed by atoms with Crippen molar-refractivity contribution in [2.45, 2.75) is 71.5 Å². The number of hydrogen-bond donors (Lipinski definition) is 0.